The molecule has 1 aromatic carbocycles. The molecule has 0 saturated carbocycles. The molecular formula is C14H20N4OS. The summed E-state index contributed by atoms with van der Waals surface area (Å²) in [5.41, 5.74) is 1.17. The highest BCUT2D eigenvalue weighted by molar-refractivity contribution is 7.99. The van der Waals surface area contributed by atoms with Crippen LogP contribution in [0.15, 0.2) is 35.7 Å². The van der Waals surface area contributed by atoms with E-state index in [0.717, 1.165) is 16.7 Å². The Hall–Kier alpha value is -1.53. The Labute approximate surface area is 123 Å². The summed E-state index contributed by atoms with van der Waals surface area (Å²) in [6, 6.07) is 8.35. The van der Waals surface area contributed by atoms with Gasteiger partial charge in [0.05, 0.1) is 6.61 Å². The van der Waals surface area contributed by atoms with E-state index in [1.165, 1.54) is 5.56 Å². The van der Waals surface area contributed by atoms with Gasteiger partial charge in [-0.15, -0.1) is 0 Å². The maximum absolute atomic E-state index is 5.70. The van der Waals surface area contributed by atoms with E-state index in [-0.39, 0.29) is 6.04 Å². The van der Waals surface area contributed by atoms with Gasteiger partial charge in [0.15, 0.2) is 5.16 Å². The maximum atomic E-state index is 5.70. The van der Waals surface area contributed by atoms with Crippen LogP contribution >= 0.6 is 11.8 Å². The molecule has 0 saturated heterocycles. The lowest BCUT2D eigenvalue weighted by Gasteiger charge is -2.19. The van der Waals surface area contributed by atoms with Gasteiger partial charge >= 0.3 is 0 Å². The van der Waals surface area contributed by atoms with Crippen LogP contribution in [0.4, 0.5) is 0 Å². The average Bonchev–Trinajstić information content (AvgIpc) is 2.87. The molecule has 1 unspecified atom stereocenters. The molecule has 0 spiro atoms. The number of nitrogens with one attached hydrogen (secondary N) is 1. The lowest BCUT2D eigenvalue weighted by atomic mass is 10.1. The lowest BCUT2D eigenvalue weighted by molar-refractivity contribution is 0.333. The van der Waals surface area contributed by atoms with Crippen molar-refractivity contribution in [2.24, 2.45) is 7.05 Å². The number of ether oxygens (including phenoxy) is 1. The monoisotopic (exact) mass is 292 g/mol. The third kappa shape index (κ3) is 3.52. The van der Waals surface area contributed by atoms with Gasteiger partial charge in [-0.3, -0.25) is 0 Å². The second kappa shape index (κ2) is 7.31. The van der Waals surface area contributed by atoms with Gasteiger partial charge in [0.25, 0.3) is 0 Å². The minimum Gasteiger partial charge on any atom is -0.494 e. The number of rotatable bonds is 7. The molecule has 1 N–H and O–H groups in total. The molecule has 20 heavy (non-hydrogen) atoms. The zero-order chi connectivity index (χ0) is 14.4. The first kappa shape index (κ1) is 14.9. The predicted molar refractivity (Wildman–Crippen MR) is 81.1 cm³/mol. The van der Waals surface area contributed by atoms with Crippen LogP contribution in [0, 0.1) is 0 Å². The van der Waals surface area contributed by atoms with E-state index >= 15 is 0 Å². The Balaban J connectivity index is 2.10. The fraction of sp³-hybridized carbons (Fsp3) is 0.429. The summed E-state index contributed by atoms with van der Waals surface area (Å²) in [5, 5.41) is 8.34. The summed E-state index contributed by atoms with van der Waals surface area (Å²) in [6.45, 7) is 2.67. The third-order valence-electron chi connectivity index (χ3n) is 2.99. The van der Waals surface area contributed by atoms with E-state index < -0.39 is 0 Å². The first-order valence-corrected chi connectivity index (χ1v) is 7.60. The van der Waals surface area contributed by atoms with Crippen molar-refractivity contribution in [3.63, 3.8) is 0 Å². The molecule has 0 aliphatic carbocycles. The molecule has 108 valence electrons. The highest BCUT2D eigenvalue weighted by Gasteiger charge is 2.15. The van der Waals surface area contributed by atoms with Crippen LogP contribution in [-0.4, -0.2) is 34.2 Å². The van der Waals surface area contributed by atoms with Crippen molar-refractivity contribution in [1.82, 2.24) is 20.1 Å². The average molecular weight is 292 g/mol. The Kier molecular flexibility index (Phi) is 5.43. The molecule has 1 heterocycles. The van der Waals surface area contributed by atoms with Gasteiger partial charge in [-0.05, 0) is 20.0 Å². The van der Waals surface area contributed by atoms with Gasteiger partial charge < -0.3 is 10.1 Å². The number of hydrogen-bond donors (Lipinski definition) is 1. The number of para-hydroxylation sites is 1. The standard InChI is InChI=1S/C14H20N4OS/c1-4-19-13-8-6-5-7-11(13)12(15-2)9-20-14-16-10-17-18(14)3/h5-8,10,12,15H,4,9H2,1-3H3. The molecule has 0 bridgehead atoms. The van der Waals surface area contributed by atoms with Gasteiger partial charge in [-0.25, -0.2) is 9.67 Å². The van der Waals surface area contributed by atoms with E-state index in [2.05, 4.69) is 21.5 Å². The zero-order valence-corrected chi connectivity index (χ0v) is 12.9. The molecule has 6 heteroatoms. The quantitative estimate of drug-likeness (QED) is 0.793. The number of hydrogen-bond acceptors (Lipinski definition) is 5. The SMILES string of the molecule is CCOc1ccccc1C(CSc1ncnn1C)NC. The molecule has 0 radical (unpaired) electrons. The molecule has 1 aromatic heterocycles. The van der Waals surface area contributed by atoms with Gasteiger partial charge in [0.1, 0.15) is 12.1 Å². The van der Waals surface area contributed by atoms with Crippen molar-refractivity contribution in [3.05, 3.63) is 36.2 Å². The number of benzene rings is 1. The number of aryl methyl sites for hydroxylation is 1. The van der Waals surface area contributed by atoms with Gasteiger partial charge in [0.2, 0.25) is 0 Å². The van der Waals surface area contributed by atoms with Crippen molar-refractivity contribution >= 4 is 11.8 Å². The minimum absolute atomic E-state index is 0.208. The van der Waals surface area contributed by atoms with Crippen LogP contribution in [0.2, 0.25) is 0 Å². The lowest BCUT2D eigenvalue weighted by Crippen LogP contribution is -2.20. The minimum atomic E-state index is 0.208. The van der Waals surface area contributed by atoms with Crippen molar-refractivity contribution < 1.29 is 4.74 Å². The van der Waals surface area contributed by atoms with Crippen LogP contribution in [0.3, 0.4) is 0 Å². The van der Waals surface area contributed by atoms with Gasteiger partial charge in [-0.2, -0.15) is 5.10 Å². The van der Waals surface area contributed by atoms with E-state index in [1.54, 1.807) is 22.8 Å². The molecule has 0 amide bonds. The molecular weight excluding hydrogens is 272 g/mol. The highest BCUT2D eigenvalue weighted by atomic mass is 32.2. The number of aromatic nitrogens is 3. The van der Waals surface area contributed by atoms with Crippen LogP contribution in [-0.2, 0) is 7.05 Å². The summed E-state index contributed by atoms with van der Waals surface area (Å²) >= 11 is 1.68. The first-order chi connectivity index (χ1) is 9.76. The van der Waals surface area contributed by atoms with Crippen LogP contribution in [0.1, 0.15) is 18.5 Å². The summed E-state index contributed by atoms with van der Waals surface area (Å²) < 4.78 is 7.48. The summed E-state index contributed by atoms with van der Waals surface area (Å²) in [7, 11) is 3.86. The van der Waals surface area contributed by atoms with Crippen molar-refractivity contribution in [2.45, 2.75) is 18.1 Å². The summed E-state index contributed by atoms with van der Waals surface area (Å²) in [5.74, 6) is 1.81. The zero-order valence-electron chi connectivity index (χ0n) is 12.0. The molecule has 0 aliphatic rings. The van der Waals surface area contributed by atoms with Crippen LogP contribution < -0.4 is 10.1 Å². The fourth-order valence-corrected chi connectivity index (χ4v) is 2.98. The second-order valence-corrected chi connectivity index (χ2v) is 5.28. The summed E-state index contributed by atoms with van der Waals surface area (Å²) in [6.07, 6.45) is 1.57. The normalized spacial score (nSPS) is 12.3. The Morgan fingerprint density at radius 1 is 1.40 bits per heavy atom. The number of thioether (sulfide) groups is 1. The fourth-order valence-electron chi connectivity index (χ4n) is 1.96. The maximum Gasteiger partial charge on any atom is 0.185 e. The van der Waals surface area contributed by atoms with E-state index in [1.807, 2.05) is 39.2 Å². The topological polar surface area (TPSA) is 52.0 Å². The molecule has 2 aromatic rings. The largest absolute Gasteiger partial charge is 0.494 e. The molecule has 0 aliphatic heterocycles. The van der Waals surface area contributed by atoms with E-state index in [9.17, 15) is 0 Å². The second-order valence-electron chi connectivity index (χ2n) is 4.29. The molecule has 0 fully saturated rings. The third-order valence-corrected chi connectivity index (χ3v) is 4.12. The van der Waals surface area contributed by atoms with Crippen LogP contribution in [0.5, 0.6) is 5.75 Å². The Morgan fingerprint density at radius 2 is 2.20 bits per heavy atom. The Morgan fingerprint density at radius 3 is 2.85 bits per heavy atom. The summed E-state index contributed by atoms with van der Waals surface area (Å²) in [4.78, 5) is 4.23. The van der Waals surface area contributed by atoms with Crippen molar-refractivity contribution in [2.75, 3.05) is 19.4 Å². The number of nitrogens with zero attached hydrogens (tertiary/aromatic N) is 3. The molecule has 5 nitrogen and oxygen atoms in total. The molecule has 2 rings (SSSR count). The first-order valence-electron chi connectivity index (χ1n) is 6.62. The van der Waals surface area contributed by atoms with Crippen molar-refractivity contribution in [3.8, 4) is 5.75 Å². The molecule has 1 atom stereocenters. The predicted octanol–water partition coefficient (Wildman–Crippen LogP) is 2.27. The van der Waals surface area contributed by atoms with Gasteiger partial charge in [0, 0.05) is 24.4 Å². The van der Waals surface area contributed by atoms with Crippen molar-refractivity contribution in [1.29, 1.82) is 0 Å². The smallest absolute Gasteiger partial charge is 0.185 e. The van der Waals surface area contributed by atoms with Gasteiger partial charge in [-0.1, -0.05) is 30.0 Å². The van der Waals surface area contributed by atoms with E-state index in [0.29, 0.717) is 6.61 Å². The highest BCUT2D eigenvalue weighted by Crippen LogP contribution is 2.29. The van der Waals surface area contributed by atoms with E-state index in [4.69, 9.17) is 4.74 Å². The Bertz CT molecular complexity index is 543. The van der Waals surface area contributed by atoms with Crippen LogP contribution in [0.25, 0.3) is 0 Å².